The average Bonchev–Trinajstić information content (AvgIpc) is 2.81. The van der Waals surface area contributed by atoms with Crippen LogP contribution in [0.5, 0.6) is 0 Å². The second kappa shape index (κ2) is 8.05. The molecule has 0 aliphatic carbocycles. The lowest BCUT2D eigenvalue weighted by Crippen LogP contribution is -2.21. The van der Waals surface area contributed by atoms with Crippen LogP contribution in [0.15, 0.2) is 5.38 Å². The van der Waals surface area contributed by atoms with Gasteiger partial charge in [-0.25, -0.2) is 4.98 Å². The maximum atomic E-state index is 11.0. The predicted octanol–water partition coefficient (Wildman–Crippen LogP) is 2.09. The number of thiazole rings is 1. The van der Waals surface area contributed by atoms with Gasteiger partial charge in [0, 0.05) is 24.4 Å². The topological polar surface area (TPSA) is 60.5 Å². The molecule has 1 unspecified atom stereocenters. The molecular weight excluding hydrogens is 252 g/mol. The van der Waals surface area contributed by atoms with Crippen molar-refractivity contribution in [2.75, 3.05) is 25.6 Å². The number of ether oxygens (including phenoxy) is 2. The number of methoxy groups -OCH3 is 1. The minimum Gasteiger partial charge on any atom is -0.469 e. The zero-order valence-corrected chi connectivity index (χ0v) is 11.9. The van der Waals surface area contributed by atoms with Gasteiger partial charge in [-0.1, -0.05) is 0 Å². The normalized spacial score (nSPS) is 12.2. The molecule has 1 rings (SSSR count). The van der Waals surface area contributed by atoms with Crippen molar-refractivity contribution in [1.29, 1.82) is 0 Å². The maximum Gasteiger partial charge on any atom is 0.305 e. The van der Waals surface area contributed by atoms with Gasteiger partial charge in [-0.05, 0) is 13.8 Å². The number of nitrogens with zero attached hydrogens (tertiary/aromatic N) is 1. The van der Waals surface area contributed by atoms with Gasteiger partial charge in [0.15, 0.2) is 5.13 Å². The molecule has 6 heteroatoms. The molecule has 0 amide bonds. The highest BCUT2D eigenvalue weighted by molar-refractivity contribution is 7.13. The first-order valence-electron chi connectivity index (χ1n) is 6.01. The van der Waals surface area contributed by atoms with Crippen molar-refractivity contribution in [3.05, 3.63) is 11.1 Å². The van der Waals surface area contributed by atoms with Crippen molar-refractivity contribution in [3.63, 3.8) is 0 Å². The Bertz CT molecular complexity index is 368. The minimum atomic E-state index is -0.206. The number of nitrogens with one attached hydrogen (secondary N) is 1. The Morgan fingerprint density at radius 2 is 2.39 bits per heavy atom. The predicted molar refractivity (Wildman–Crippen MR) is 72.0 cm³/mol. The van der Waals surface area contributed by atoms with Gasteiger partial charge in [-0.2, -0.15) is 0 Å². The average molecular weight is 272 g/mol. The van der Waals surface area contributed by atoms with Crippen LogP contribution in [-0.2, 0) is 20.7 Å². The summed E-state index contributed by atoms with van der Waals surface area (Å²) in [4.78, 5) is 15.4. The monoisotopic (exact) mass is 272 g/mol. The van der Waals surface area contributed by atoms with E-state index in [1.807, 2.05) is 19.2 Å². The van der Waals surface area contributed by atoms with E-state index >= 15 is 0 Å². The molecule has 0 saturated carbocycles. The largest absolute Gasteiger partial charge is 0.469 e. The number of carbonyl (C=O) groups is 1. The molecule has 0 aliphatic heterocycles. The fraction of sp³-hybridized carbons (Fsp3) is 0.667. The maximum absolute atomic E-state index is 11.0. The number of aryl methyl sites for hydroxylation is 1. The summed E-state index contributed by atoms with van der Waals surface area (Å²) in [5.74, 6) is -0.206. The Labute approximate surface area is 112 Å². The van der Waals surface area contributed by atoms with Gasteiger partial charge in [0.25, 0.3) is 0 Å². The molecule has 0 aromatic carbocycles. The summed E-state index contributed by atoms with van der Waals surface area (Å²) >= 11 is 1.54. The van der Waals surface area contributed by atoms with E-state index in [2.05, 4.69) is 15.0 Å². The van der Waals surface area contributed by atoms with Gasteiger partial charge in [-0.15, -0.1) is 11.3 Å². The van der Waals surface area contributed by atoms with Crippen molar-refractivity contribution >= 4 is 22.4 Å². The Morgan fingerprint density at radius 1 is 1.61 bits per heavy atom. The zero-order valence-electron chi connectivity index (χ0n) is 11.1. The van der Waals surface area contributed by atoms with E-state index in [9.17, 15) is 4.79 Å². The highest BCUT2D eigenvalue weighted by atomic mass is 32.1. The Kier molecular flexibility index (Phi) is 6.67. The summed E-state index contributed by atoms with van der Waals surface area (Å²) in [7, 11) is 1.39. The van der Waals surface area contributed by atoms with Gasteiger partial charge in [-0.3, -0.25) is 4.79 Å². The van der Waals surface area contributed by atoms with Gasteiger partial charge >= 0.3 is 5.97 Å². The van der Waals surface area contributed by atoms with Gasteiger partial charge in [0.1, 0.15) is 0 Å². The second-order valence-electron chi connectivity index (χ2n) is 3.92. The van der Waals surface area contributed by atoms with Gasteiger partial charge < -0.3 is 14.8 Å². The van der Waals surface area contributed by atoms with Crippen LogP contribution < -0.4 is 5.32 Å². The summed E-state index contributed by atoms with van der Waals surface area (Å²) < 4.78 is 9.91. The standard InChI is InChI=1S/C12H20N2O3S/c1-4-17-7-9(2)13-12-14-10(8-18-12)5-6-11(15)16-3/h8-9H,4-7H2,1-3H3,(H,13,14). The Hall–Kier alpha value is -1.14. The smallest absolute Gasteiger partial charge is 0.305 e. The molecule has 18 heavy (non-hydrogen) atoms. The van der Waals surface area contributed by atoms with Crippen molar-refractivity contribution in [3.8, 4) is 0 Å². The zero-order chi connectivity index (χ0) is 13.4. The molecule has 1 aromatic rings. The van der Waals surface area contributed by atoms with E-state index in [1.165, 1.54) is 7.11 Å². The van der Waals surface area contributed by atoms with E-state index in [0.717, 1.165) is 10.8 Å². The van der Waals surface area contributed by atoms with Crippen LogP contribution in [0.3, 0.4) is 0 Å². The summed E-state index contributed by atoms with van der Waals surface area (Å²) in [6.07, 6.45) is 0.985. The van der Waals surface area contributed by atoms with Gasteiger partial charge in [0.05, 0.1) is 25.8 Å². The summed E-state index contributed by atoms with van der Waals surface area (Å²) in [6, 6.07) is 0.226. The minimum absolute atomic E-state index is 0.206. The van der Waals surface area contributed by atoms with Crippen LogP contribution in [0.1, 0.15) is 26.0 Å². The first-order chi connectivity index (χ1) is 8.65. The van der Waals surface area contributed by atoms with Crippen LogP contribution in [0.2, 0.25) is 0 Å². The highest BCUT2D eigenvalue weighted by Crippen LogP contribution is 2.17. The second-order valence-corrected chi connectivity index (χ2v) is 4.78. The molecule has 0 spiro atoms. The van der Waals surface area contributed by atoms with Crippen molar-refractivity contribution < 1.29 is 14.3 Å². The summed E-state index contributed by atoms with van der Waals surface area (Å²) in [6.45, 7) is 5.40. The van der Waals surface area contributed by atoms with Crippen LogP contribution in [0.4, 0.5) is 5.13 Å². The van der Waals surface area contributed by atoms with Gasteiger partial charge in [0.2, 0.25) is 0 Å². The van der Waals surface area contributed by atoms with E-state index in [4.69, 9.17) is 4.74 Å². The molecule has 1 aromatic heterocycles. The van der Waals surface area contributed by atoms with Crippen LogP contribution >= 0.6 is 11.3 Å². The van der Waals surface area contributed by atoms with Crippen molar-refractivity contribution in [1.82, 2.24) is 4.98 Å². The van der Waals surface area contributed by atoms with E-state index < -0.39 is 0 Å². The van der Waals surface area contributed by atoms with Crippen LogP contribution in [0, 0.1) is 0 Å². The molecule has 1 atom stereocenters. The number of anilines is 1. The molecule has 0 saturated heterocycles. The molecular formula is C12H20N2O3S. The quantitative estimate of drug-likeness (QED) is 0.734. The van der Waals surface area contributed by atoms with Crippen LogP contribution in [0.25, 0.3) is 0 Å². The SMILES string of the molecule is CCOCC(C)Nc1nc(CCC(=O)OC)cs1. The molecule has 102 valence electrons. The van der Waals surface area contributed by atoms with E-state index in [0.29, 0.717) is 26.1 Å². The number of esters is 1. The molecule has 0 fully saturated rings. The number of aromatic nitrogens is 1. The first kappa shape index (κ1) is 14.9. The lowest BCUT2D eigenvalue weighted by Gasteiger charge is -2.11. The third kappa shape index (κ3) is 5.46. The number of rotatable bonds is 8. The number of hydrogen-bond acceptors (Lipinski definition) is 6. The molecule has 0 bridgehead atoms. The van der Waals surface area contributed by atoms with E-state index in [1.54, 1.807) is 11.3 Å². The van der Waals surface area contributed by atoms with Crippen LogP contribution in [-0.4, -0.2) is 37.3 Å². The molecule has 0 radical (unpaired) electrons. The highest BCUT2D eigenvalue weighted by Gasteiger charge is 2.08. The summed E-state index contributed by atoms with van der Waals surface area (Å²) in [5.41, 5.74) is 0.913. The molecule has 1 heterocycles. The first-order valence-corrected chi connectivity index (χ1v) is 6.89. The Balaban J connectivity index is 2.36. The number of carbonyl (C=O) groups excluding carboxylic acids is 1. The lowest BCUT2D eigenvalue weighted by molar-refractivity contribution is -0.140. The van der Waals surface area contributed by atoms with Crippen molar-refractivity contribution in [2.45, 2.75) is 32.7 Å². The lowest BCUT2D eigenvalue weighted by atomic mass is 10.2. The van der Waals surface area contributed by atoms with E-state index in [-0.39, 0.29) is 12.0 Å². The molecule has 1 N–H and O–H groups in total. The number of hydrogen-bond donors (Lipinski definition) is 1. The molecule has 0 aliphatic rings. The third-order valence-corrected chi connectivity index (χ3v) is 3.13. The third-order valence-electron chi connectivity index (χ3n) is 2.31. The summed E-state index contributed by atoms with van der Waals surface area (Å²) in [5, 5.41) is 6.08. The fourth-order valence-electron chi connectivity index (χ4n) is 1.37. The Morgan fingerprint density at radius 3 is 3.06 bits per heavy atom. The molecule has 5 nitrogen and oxygen atoms in total. The van der Waals surface area contributed by atoms with Crippen molar-refractivity contribution in [2.24, 2.45) is 0 Å². The fourth-order valence-corrected chi connectivity index (χ4v) is 2.22.